The van der Waals surface area contributed by atoms with Crippen LogP contribution in [0, 0.1) is 17.8 Å². The van der Waals surface area contributed by atoms with E-state index >= 15 is 0 Å². The molecule has 3 saturated heterocycles. The van der Waals surface area contributed by atoms with Crippen LogP contribution in [-0.2, 0) is 88.1 Å². The van der Waals surface area contributed by atoms with Crippen LogP contribution in [0.25, 0.3) is 0 Å². The second-order valence-electron chi connectivity index (χ2n) is 29.2. The molecular formula is C79H130N16O20S4. The topological polar surface area (TPSA) is 542 Å². The van der Waals surface area contributed by atoms with Crippen molar-refractivity contribution >= 4 is 166 Å². The lowest BCUT2D eigenvalue weighted by atomic mass is 10.0. The Morgan fingerprint density at radius 2 is 0.840 bits per heavy atom. The highest BCUT2D eigenvalue weighted by Crippen LogP contribution is 2.27. The smallest absolute Gasteiger partial charge is 0.312 e. The molecule has 670 valence electrons. The number of carbonyl (C=O) groups is 19. The van der Waals surface area contributed by atoms with E-state index in [1.54, 1.807) is 76.2 Å². The van der Waals surface area contributed by atoms with E-state index < -0.39 is 91.4 Å². The fourth-order valence-electron chi connectivity index (χ4n) is 12.1. The molecule has 0 saturated carbocycles. The summed E-state index contributed by atoms with van der Waals surface area (Å²) in [6, 6.07) is -0.433. The summed E-state index contributed by atoms with van der Waals surface area (Å²) in [6.45, 7) is 12.5. The molecule has 3 aliphatic rings. The SMILES string of the molecule is [2H]C(=O)CCCCCN1C(=O)CC(SC)C1=O.[2H]C(=O)OCc1ccc(NC(=O)[C@H](CCCNC(N)=O)NC(=O)[C@@H](NC(=O)CCCCCN2C(=O)CC(SC)C2=O)C(C)C)cc1.[2H]CC(=O)[C@H](CCCNC(N)=O)NC(=O)[C@@H](NC(=O)CCCCCN1C(=O)CC(SC)C1=O)C(C)C.[2H]CC(=O)[C@H](CCCNC(N)=O)NC(=O)[C@@H](NCCSC)C(C)C. The predicted octanol–water partition coefficient (Wildman–Crippen LogP) is 3.85. The van der Waals surface area contributed by atoms with Crippen molar-refractivity contribution in [3.05, 3.63) is 29.8 Å². The average molecular weight is 1760 g/mol. The number of rotatable bonds is 54. The molecule has 0 aromatic heterocycles. The zero-order chi connectivity index (χ0) is 92.8. The van der Waals surface area contributed by atoms with Gasteiger partial charge in [0.1, 0.15) is 32.4 Å². The molecule has 119 heavy (non-hydrogen) atoms. The Hall–Kier alpha value is -8.89. The number of Topliss-reactive ketones (excluding diaryl/α,β-unsaturated/α-hetero) is 2. The van der Waals surface area contributed by atoms with Crippen LogP contribution in [0.2, 0.25) is 0 Å². The zero-order valence-electron chi connectivity index (χ0n) is 74.2. The summed E-state index contributed by atoms with van der Waals surface area (Å²) in [4.78, 5) is 230. The number of hydrogen-bond acceptors (Lipinski definition) is 25. The third-order valence-corrected chi connectivity index (χ3v) is 22.2. The number of thioether (sulfide) groups is 4. The van der Waals surface area contributed by atoms with E-state index in [1.165, 1.54) is 50.0 Å². The van der Waals surface area contributed by atoms with Gasteiger partial charge in [0.15, 0.2) is 12.9 Å². The normalized spacial score (nSPS) is 16.8. The second kappa shape index (κ2) is 61.4. The summed E-state index contributed by atoms with van der Waals surface area (Å²) in [5.41, 5.74) is 16.1. The molecule has 3 aliphatic heterocycles. The molecule has 4 rings (SSSR count). The van der Waals surface area contributed by atoms with E-state index in [-0.39, 0.29) is 170 Å². The third kappa shape index (κ3) is 44.3. The van der Waals surface area contributed by atoms with Crippen molar-refractivity contribution < 1.29 is 101 Å². The van der Waals surface area contributed by atoms with Gasteiger partial charge in [-0.3, -0.25) is 86.6 Å². The zero-order valence-corrected chi connectivity index (χ0v) is 73.5. The minimum atomic E-state index is -1.16. The largest absolute Gasteiger partial charge is 0.463 e. The quantitative estimate of drug-likeness (QED) is 0.0250. The third-order valence-electron chi connectivity index (χ3n) is 18.8. The van der Waals surface area contributed by atoms with Gasteiger partial charge in [0.25, 0.3) is 6.45 Å². The van der Waals surface area contributed by atoms with Gasteiger partial charge in [-0.05, 0) is 151 Å². The molecule has 0 aliphatic carbocycles. The highest BCUT2D eigenvalue weighted by atomic mass is 32.2. The number of nitrogens with zero attached hydrogens (tertiary/aromatic N) is 3. The number of amides is 18. The summed E-state index contributed by atoms with van der Waals surface area (Å²) in [6.07, 6.45) is 14.6. The molecule has 1 aromatic carbocycles. The highest BCUT2D eigenvalue weighted by Gasteiger charge is 2.40. The molecule has 1 aromatic rings. The van der Waals surface area contributed by atoms with Crippen molar-refractivity contribution in [1.29, 1.82) is 0 Å². The molecule has 0 radical (unpaired) electrons. The van der Waals surface area contributed by atoms with Crippen LogP contribution in [0.15, 0.2) is 24.3 Å². The van der Waals surface area contributed by atoms with Crippen molar-refractivity contribution in [2.45, 2.75) is 249 Å². The monoisotopic (exact) mass is 1750 g/mol. The Morgan fingerprint density at radius 1 is 0.479 bits per heavy atom. The molecular weight excluding hydrogens is 1620 g/mol. The van der Waals surface area contributed by atoms with Gasteiger partial charge in [-0.2, -0.15) is 47.0 Å². The minimum absolute atomic E-state index is 0.0788. The van der Waals surface area contributed by atoms with Crippen LogP contribution in [0.5, 0.6) is 0 Å². The molecule has 3 heterocycles. The second-order valence-corrected chi connectivity index (χ2v) is 33.3. The van der Waals surface area contributed by atoms with Crippen LogP contribution < -0.4 is 70.4 Å². The number of primary amides is 3. The Labute approximate surface area is 721 Å². The van der Waals surface area contributed by atoms with Gasteiger partial charge in [0.05, 0.1) is 33.9 Å². The van der Waals surface area contributed by atoms with Crippen LogP contribution in [0.4, 0.5) is 20.1 Å². The fourth-order valence-corrected chi connectivity index (χ4v) is 14.3. The number of nitrogens with two attached hydrogens (primary N) is 3. The number of imide groups is 3. The predicted molar refractivity (Wildman–Crippen MR) is 459 cm³/mol. The number of hydrogen-bond donors (Lipinski definition) is 13. The number of nitrogens with one attached hydrogen (secondary N) is 10. The Morgan fingerprint density at radius 3 is 1.17 bits per heavy atom. The maximum atomic E-state index is 13.3. The molecule has 3 fully saturated rings. The van der Waals surface area contributed by atoms with Gasteiger partial charge in [0, 0.05) is 98.5 Å². The Bertz CT molecular complexity index is 3640. The first-order valence-electron chi connectivity index (χ1n) is 42.2. The van der Waals surface area contributed by atoms with Gasteiger partial charge in [-0.15, -0.1) is 0 Å². The van der Waals surface area contributed by atoms with E-state index in [2.05, 4.69) is 57.9 Å². The summed E-state index contributed by atoms with van der Waals surface area (Å²) >= 11 is 5.84. The van der Waals surface area contributed by atoms with E-state index in [0.717, 1.165) is 12.2 Å². The van der Waals surface area contributed by atoms with Gasteiger partial charge >= 0.3 is 18.1 Å². The van der Waals surface area contributed by atoms with Crippen LogP contribution in [0.1, 0.15) is 201 Å². The van der Waals surface area contributed by atoms with E-state index in [4.69, 9.17) is 22.7 Å². The first-order chi connectivity index (χ1) is 58.2. The lowest BCUT2D eigenvalue weighted by Crippen LogP contribution is -2.54. The number of aldehydes is 1. The van der Waals surface area contributed by atoms with Gasteiger partial charge in [0.2, 0.25) is 70.9 Å². The molecule has 9 atom stereocenters. The maximum Gasteiger partial charge on any atom is 0.312 e. The number of carbonyl (C=O) groups excluding carboxylic acids is 19. The van der Waals surface area contributed by atoms with E-state index in [0.29, 0.717) is 127 Å². The molecule has 18 amide bonds. The molecule has 0 bridgehead atoms. The number of ether oxygens (including phenoxy) is 1. The first kappa shape index (κ1) is 101. The summed E-state index contributed by atoms with van der Waals surface area (Å²) in [5.74, 6) is -3.67. The lowest BCUT2D eigenvalue weighted by molar-refractivity contribution is -0.139. The first-order valence-corrected chi connectivity index (χ1v) is 45.1. The molecule has 3 unspecified atom stereocenters. The average Bonchev–Trinajstić information content (AvgIpc) is 1.70. The van der Waals surface area contributed by atoms with Gasteiger partial charge in [-0.25, -0.2) is 14.4 Å². The van der Waals surface area contributed by atoms with Crippen LogP contribution in [0.3, 0.4) is 0 Å². The van der Waals surface area contributed by atoms with Crippen molar-refractivity contribution in [2.75, 3.05) is 81.9 Å². The fraction of sp³-hybridized carbons (Fsp3) is 0.684. The molecule has 36 nitrogen and oxygen atoms in total. The summed E-state index contributed by atoms with van der Waals surface area (Å²) in [5, 5.41) is 25.9. The van der Waals surface area contributed by atoms with Crippen molar-refractivity contribution in [1.82, 2.24) is 62.6 Å². The number of anilines is 1. The molecule has 16 N–H and O–H groups in total. The Balaban J connectivity index is 0.000000871. The van der Waals surface area contributed by atoms with Crippen molar-refractivity contribution in [3.63, 3.8) is 0 Å². The van der Waals surface area contributed by atoms with Crippen LogP contribution >= 0.6 is 47.0 Å². The number of ketones is 2. The number of likely N-dealkylation sites (tertiary alicyclic amines) is 3. The van der Waals surface area contributed by atoms with Crippen LogP contribution in [-0.4, -0.2) is 257 Å². The lowest BCUT2D eigenvalue weighted by Gasteiger charge is -2.25. The Kier molecular flexibility index (Phi) is 51.9. The molecule has 0 spiro atoms. The number of urea groups is 3. The summed E-state index contributed by atoms with van der Waals surface area (Å²) in [7, 11) is 0. The van der Waals surface area contributed by atoms with E-state index in [9.17, 15) is 91.1 Å². The maximum absolute atomic E-state index is 13.3. The number of benzene rings is 1. The minimum Gasteiger partial charge on any atom is -0.463 e. The summed E-state index contributed by atoms with van der Waals surface area (Å²) < 4.78 is 32.8. The van der Waals surface area contributed by atoms with Gasteiger partial charge in [-0.1, -0.05) is 72.9 Å². The standard InChI is InChI=1S/C30H44N6O8S.C23H39N5O6S.C15H30N4O3S.C11H17NO3S/c1-19(2)26(35-24(38)9-5-4-6-15-36-25(39)16-23(45-3)29(36)42)28(41)34-22(8-7-14-32-30(31)43)27(40)33-21-12-10-20(11-13-21)17-44-18-37;1-14(2)20(21(32)26-16(15(3)29)9-8-11-25-23(24)34)27-18(30)10-6-5-7-12-28-19(31)13-17(35-4)22(28)33;1-10(2)13(17-8-9-23-4)14(21)19-12(11(3)20)6-5-7-18-15(16)22;1-16-9-8-10(14)12(11(9)15)6-4-2-3-5-7-13/h10-13,18-19,22-23,26H,4-9,14-17H2,1-3H3,(H,33,40)(H,34,41)(H,35,38)(H3,31,32,43);14,16-17,20H,5-13H2,1-4H3,(H,26,32)(H,27,30)(H3,24,25,34);10,12-13,17H,5-9H2,1-4H3,(H,19,21)(H3,16,18,22);7,9H,2-6,8H2,1H3/t22-,23?,26-;16-,17?,20-;12-,13-;/m000./s1/i18D;2*3D;7D. The van der Waals surface area contributed by atoms with Gasteiger partial charge < -0.3 is 79.9 Å². The van der Waals surface area contributed by atoms with Crippen molar-refractivity contribution in [3.8, 4) is 0 Å². The highest BCUT2D eigenvalue weighted by molar-refractivity contribution is 8.00. The van der Waals surface area contributed by atoms with Crippen molar-refractivity contribution in [2.24, 2.45) is 35.0 Å². The van der Waals surface area contributed by atoms with E-state index in [1.807, 2.05) is 26.4 Å². The number of unbranched alkanes of at least 4 members (excludes halogenated alkanes) is 6. The molecule has 40 heteroatoms.